The molecule has 3 unspecified atom stereocenters. The highest BCUT2D eigenvalue weighted by Gasteiger charge is 2.28. The van der Waals surface area contributed by atoms with Gasteiger partial charge in [0, 0.05) is 12.8 Å². The summed E-state index contributed by atoms with van der Waals surface area (Å²) in [6.45, 7) is 2.57. The van der Waals surface area contributed by atoms with E-state index in [4.69, 9.17) is 13.8 Å². The molecule has 0 aliphatic carbocycles. The highest BCUT2D eigenvalue weighted by atomic mass is 31.2. The van der Waals surface area contributed by atoms with Crippen molar-refractivity contribution in [3.63, 3.8) is 0 Å². The lowest BCUT2D eigenvalue weighted by Gasteiger charge is -2.18. The van der Waals surface area contributed by atoms with E-state index in [1.807, 2.05) is 0 Å². The highest BCUT2D eigenvalue weighted by molar-refractivity contribution is 7.47. The second-order valence-corrected chi connectivity index (χ2v) is 19.9. The molecule has 0 aliphatic rings. The molecule has 68 heavy (non-hydrogen) atoms. The third-order valence-electron chi connectivity index (χ3n) is 11.8. The summed E-state index contributed by atoms with van der Waals surface area (Å²) in [6.07, 6.45) is 60.9. The van der Waals surface area contributed by atoms with E-state index in [0.717, 1.165) is 64.2 Å². The van der Waals surface area contributed by atoms with Crippen molar-refractivity contribution in [2.75, 3.05) is 19.8 Å². The topological polar surface area (TPSA) is 169 Å². The Bertz CT molecular complexity index is 1380. The highest BCUT2D eigenvalue weighted by Crippen LogP contribution is 2.43. The van der Waals surface area contributed by atoms with Gasteiger partial charge in [0.25, 0.3) is 0 Å². The molecule has 0 saturated carbocycles. The van der Waals surface area contributed by atoms with E-state index in [0.29, 0.717) is 12.8 Å². The number of aliphatic hydroxyl groups excluding tert-OH is 1. The summed E-state index contributed by atoms with van der Waals surface area (Å²) < 4.78 is 27.0. The van der Waals surface area contributed by atoms with E-state index in [1.165, 1.54) is 141 Å². The van der Waals surface area contributed by atoms with E-state index in [1.54, 1.807) is 0 Å². The second kappa shape index (κ2) is 50.6. The third-order valence-corrected chi connectivity index (χ3v) is 12.7. The maximum absolute atomic E-state index is 12.4. The van der Waals surface area contributed by atoms with E-state index >= 15 is 0 Å². The van der Waals surface area contributed by atoms with Gasteiger partial charge in [-0.05, 0) is 83.5 Å². The first kappa shape index (κ1) is 65.2. The summed E-state index contributed by atoms with van der Waals surface area (Å²) in [4.78, 5) is 46.2. The number of phosphoric ester groups is 1. The fourth-order valence-electron chi connectivity index (χ4n) is 7.53. The second-order valence-electron chi connectivity index (χ2n) is 18.4. The lowest BCUT2D eigenvalue weighted by Crippen LogP contribution is -2.43. The van der Waals surface area contributed by atoms with Gasteiger partial charge in [0.15, 0.2) is 6.04 Å². The standard InChI is InChI=1S/C56H100NO10P/c1-3-5-7-9-11-13-15-17-19-21-23-25-26-28-29-31-33-35-37-39-41-43-45-47-54(59)57-53(56(61)62)51-67-68(63,64)66-50-52(58)49-65-55(60)48-46-44-42-40-38-36-34-32-30-27-24-22-20-18-16-14-12-10-8-6-4-2/h11-14,17-20,24,27,52-53,58H,3-10,15-16,21-23,25-26,28-51H2,1-2H3,(H,57,59)(H,61,62)(H,63,64)/b13-11-,14-12-,19-17-,20-18-,27-24-. The number of aliphatic hydroxyl groups is 1. The number of phosphoric acid groups is 1. The van der Waals surface area contributed by atoms with E-state index in [9.17, 15) is 34.1 Å². The Balaban J connectivity index is 3.81. The number of carboxylic acid groups (broad SMARTS) is 1. The fourth-order valence-corrected chi connectivity index (χ4v) is 8.30. The van der Waals surface area contributed by atoms with Gasteiger partial charge in [-0.25, -0.2) is 9.36 Å². The summed E-state index contributed by atoms with van der Waals surface area (Å²) in [7, 11) is -4.77. The average molecular weight is 978 g/mol. The molecule has 12 heteroatoms. The molecule has 0 heterocycles. The number of carbonyl (C=O) groups excluding carboxylic acids is 2. The van der Waals surface area contributed by atoms with Crippen LogP contribution in [0, 0.1) is 0 Å². The molecule has 0 radical (unpaired) electrons. The van der Waals surface area contributed by atoms with Crippen LogP contribution in [-0.4, -0.2) is 64.9 Å². The van der Waals surface area contributed by atoms with Gasteiger partial charge in [0.2, 0.25) is 5.91 Å². The van der Waals surface area contributed by atoms with Crippen LogP contribution in [0.2, 0.25) is 0 Å². The van der Waals surface area contributed by atoms with Crippen LogP contribution >= 0.6 is 7.82 Å². The van der Waals surface area contributed by atoms with Crippen LogP contribution in [0.5, 0.6) is 0 Å². The van der Waals surface area contributed by atoms with Crippen molar-refractivity contribution in [2.24, 2.45) is 0 Å². The number of nitrogens with one attached hydrogen (secondary N) is 1. The van der Waals surface area contributed by atoms with Gasteiger partial charge < -0.3 is 25.2 Å². The largest absolute Gasteiger partial charge is 0.480 e. The first-order chi connectivity index (χ1) is 33.1. The molecule has 0 saturated heterocycles. The Hall–Kier alpha value is -2.82. The van der Waals surface area contributed by atoms with Crippen molar-refractivity contribution in [2.45, 2.75) is 257 Å². The lowest BCUT2D eigenvalue weighted by molar-refractivity contribution is -0.147. The third kappa shape index (κ3) is 49.6. The van der Waals surface area contributed by atoms with Gasteiger partial charge in [-0.1, -0.05) is 209 Å². The molecule has 394 valence electrons. The van der Waals surface area contributed by atoms with Gasteiger partial charge in [0.1, 0.15) is 12.7 Å². The lowest BCUT2D eigenvalue weighted by atomic mass is 10.0. The zero-order chi connectivity index (χ0) is 49.9. The van der Waals surface area contributed by atoms with Crippen LogP contribution in [0.4, 0.5) is 0 Å². The zero-order valence-corrected chi connectivity index (χ0v) is 44.0. The molecule has 0 fully saturated rings. The zero-order valence-electron chi connectivity index (χ0n) is 43.2. The van der Waals surface area contributed by atoms with Crippen LogP contribution in [0.3, 0.4) is 0 Å². The number of hydrogen-bond donors (Lipinski definition) is 4. The number of carboxylic acids is 1. The first-order valence-electron chi connectivity index (χ1n) is 27.3. The molecule has 4 N–H and O–H groups in total. The van der Waals surface area contributed by atoms with Crippen LogP contribution in [0.1, 0.15) is 245 Å². The van der Waals surface area contributed by atoms with Gasteiger partial charge >= 0.3 is 19.8 Å². The number of aliphatic carboxylic acids is 1. The number of esters is 1. The molecule has 3 atom stereocenters. The van der Waals surface area contributed by atoms with Gasteiger partial charge in [-0.15, -0.1) is 0 Å². The Labute approximate surface area is 415 Å². The van der Waals surface area contributed by atoms with Crippen molar-refractivity contribution in [3.8, 4) is 0 Å². The smallest absolute Gasteiger partial charge is 0.472 e. The molecule has 11 nitrogen and oxygen atoms in total. The summed E-state index contributed by atoms with van der Waals surface area (Å²) in [5.74, 6) is -2.38. The van der Waals surface area contributed by atoms with E-state index in [-0.39, 0.29) is 12.8 Å². The Morgan fingerprint density at radius 1 is 0.471 bits per heavy atom. The Kier molecular flexibility index (Phi) is 48.5. The van der Waals surface area contributed by atoms with E-state index in [2.05, 4.69) is 79.9 Å². The molecule has 1 amide bonds. The number of allylic oxidation sites excluding steroid dienone is 10. The maximum Gasteiger partial charge on any atom is 0.472 e. The minimum absolute atomic E-state index is 0.143. The molecule has 0 rings (SSSR count). The minimum atomic E-state index is -4.77. The Morgan fingerprint density at radius 3 is 1.21 bits per heavy atom. The summed E-state index contributed by atoms with van der Waals surface area (Å²) in [6, 6.07) is -1.55. The van der Waals surface area contributed by atoms with E-state index < -0.39 is 57.6 Å². The molecular formula is C56H100NO10P. The number of ether oxygens (including phenoxy) is 1. The van der Waals surface area contributed by atoms with Gasteiger partial charge in [-0.2, -0.15) is 0 Å². The van der Waals surface area contributed by atoms with Crippen LogP contribution < -0.4 is 5.32 Å². The molecule has 0 bridgehead atoms. The molecule has 0 aromatic carbocycles. The first-order valence-corrected chi connectivity index (χ1v) is 28.8. The van der Waals surface area contributed by atoms with Crippen molar-refractivity contribution in [1.82, 2.24) is 5.32 Å². The summed E-state index contributed by atoms with van der Waals surface area (Å²) in [5, 5.41) is 22.0. The number of amides is 1. The van der Waals surface area contributed by atoms with Crippen LogP contribution in [0.25, 0.3) is 0 Å². The number of rotatable bonds is 51. The minimum Gasteiger partial charge on any atom is -0.480 e. The number of carbonyl (C=O) groups is 3. The SMILES string of the molecule is CCCCC/C=C\C/C=C\C/C=C\CCCCCCCCCCC(=O)OCC(O)COP(=O)(O)OCC(NC(=O)CCCCCCCCCCCCCCC/C=C\C/C=C\CCCCC)C(=O)O. The molecular weight excluding hydrogens is 878 g/mol. The van der Waals surface area contributed by atoms with Crippen molar-refractivity contribution < 1.29 is 47.8 Å². The van der Waals surface area contributed by atoms with Crippen molar-refractivity contribution in [3.05, 3.63) is 60.8 Å². The van der Waals surface area contributed by atoms with Crippen molar-refractivity contribution >= 4 is 25.7 Å². The number of unbranched alkanes of at least 4 members (excludes halogenated alkanes) is 27. The predicted octanol–water partition coefficient (Wildman–Crippen LogP) is 15.5. The maximum atomic E-state index is 12.4. The molecule has 0 aliphatic heterocycles. The normalized spacial score (nSPS) is 13.9. The van der Waals surface area contributed by atoms with Crippen molar-refractivity contribution in [1.29, 1.82) is 0 Å². The molecule has 0 aromatic rings. The predicted molar refractivity (Wildman–Crippen MR) is 282 cm³/mol. The fraction of sp³-hybridized carbons (Fsp3) is 0.768. The summed E-state index contributed by atoms with van der Waals surface area (Å²) >= 11 is 0. The molecule has 0 aromatic heterocycles. The van der Waals surface area contributed by atoms with Gasteiger partial charge in [-0.3, -0.25) is 18.6 Å². The average Bonchev–Trinajstić information content (AvgIpc) is 3.32. The van der Waals surface area contributed by atoms with Crippen LogP contribution in [0.15, 0.2) is 60.8 Å². The van der Waals surface area contributed by atoms with Crippen LogP contribution in [-0.2, 0) is 32.7 Å². The monoisotopic (exact) mass is 978 g/mol. The molecule has 0 spiro atoms. The number of hydrogen-bond acceptors (Lipinski definition) is 8. The van der Waals surface area contributed by atoms with Gasteiger partial charge in [0.05, 0.1) is 13.2 Å². The Morgan fingerprint density at radius 2 is 0.809 bits per heavy atom. The quantitative estimate of drug-likeness (QED) is 0.0199. The summed E-state index contributed by atoms with van der Waals surface area (Å²) in [5.41, 5.74) is 0.